The molecule has 0 aliphatic carbocycles. The first-order chi connectivity index (χ1) is 9.67. The second kappa shape index (κ2) is 9.08. The number of carbonyl (C=O) groups is 1. The number of amides is 1. The predicted molar refractivity (Wildman–Crippen MR) is 74.7 cm³/mol. The van der Waals surface area contributed by atoms with E-state index in [4.69, 9.17) is 9.84 Å². The molecule has 20 heavy (non-hydrogen) atoms. The van der Waals surface area contributed by atoms with Gasteiger partial charge in [0.2, 0.25) is 5.91 Å². The number of halogens is 1. The summed E-state index contributed by atoms with van der Waals surface area (Å²) in [7, 11) is 0. The summed E-state index contributed by atoms with van der Waals surface area (Å²) in [5, 5.41) is 11.0. The molecule has 1 rings (SSSR count). The topological polar surface area (TPSA) is 58.6 Å². The van der Waals surface area contributed by atoms with E-state index < -0.39 is 5.82 Å². The zero-order valence-electron chi connectivity index (χ0n) is 11.4. The van der Waals surface area contributed by atoms with E-state index in [1.807, 2.05) is 6.92 Å². The summed E-state index contributed by atoms with van der Waals surface area (Å²) in [5.74, 6) is 4.16. The summed E-state index contributed by atoms with van der Waals surface area (Å²) in [4.78, 5) is 11.6. The van der Waals surface area contributed by atoms with Crippen LogP contribution in [0, 0.1) is 17.7 Å². The Kier molecular flexibility index (Phi) is 7.33. The molecule has 4 nitrogen and oxygen atoms in total. The van der Waals surface area contributed by atoms with Gasteiger partial charge in [-0.25, -0.2) is 4.39 Å². The lowest BCUT2D eigenvalue weighted by atomic mass is 10.2. The van der Waals surface area contributed by atoms with Gasteiger partial charge in [-0.3, -0.25) is 4.79 Å². The van der Waals surface area contributed by atoms with Crippen molar-refractivity contribution in [1.29, 1.82) is 0 Å². The highest BCUT2D eigenvalue weighted by atomic mass is 19.1. The number of benzene rings is 1. The summed E-state index contributed by atoms with van der Waals surface area (Å²) in [6.45, 7) is 2.63. The van der Waals surface area contributed by atoms with Gasteiger partial charge in [-0.05, 0) is 24.6 Å². The normalized spacial score (nSPS) is 9.75. The van der Waals surface area contributed by atoms with E-state index in [-0.39, 0.29) is 24.6 Å². The van der Waals surface area contributed by atoms with Gasteiger partial charge < -0.3 is 15.2 Å². The highest BCUT2D eigenvalue weighted by Gasteiger charge is 2.07. The molecule has 0 unspecified atom stereocenters. The van der Waals surface area contributed by atoms with Crippen molar-refractivity contribution in [2.75, 3.05) is 25.1 Å². The quantitative estimate of drug-likeness (QED) is 0.618. The molecule has 1 aromatic rings. The fraction of sp³-hybridized carbons (Fsp3) is 0.400. The van der Waals surface area contributed by atoms with E-state index in [1.165, 1.54) is 12.1 Å². The molecule has 1 amide bonds. The van der Waals surface area contributed by atoms with Gasteiger partial charge in [-0.1, -0.05) is 18.8 Å². The number of ether oxygens (including phenoxy) is 1. The van der Waals surface area contributed by atoms with Crippen LogP contribution in [0.3, 0.4) is 0 Å². The molecular formula is C15H18FNO3. The molecule has 0 saturated carbocycles. The Bertz CT molecular complexity index is 506. The van der Waals surface area contributed by atoms with Gasteiger partial charge in [0.1, 0.15) is 12.4 Å². The minimum absolute atomic E-state index is 0.111. The summed E-state index contributed by atoms with van der Waals surface area (Å²) in [6, 6.07) is 4.24. The first-order valence-corrected chi connectivity index (χ1v) is 6.44. The van der Waals surface area contributed by atoms with Crippen molar-refractivity contribution in [2.45, 2.75) is 19.8 Å². The maximum atomic E-state index is 13.7. The van der Waals surface area contributed by atoms with Crippen LogP contribution in [0.25, 0.3) is 0 Å². The van der Waals surface area contributed by atoms with Crippen LogP contribution in [-0.2, 0) is 9.53 Å². The Hall–Kier alpha value is -1.90. The minimum atomic E-state index is -0.558. The molecule has 0 aliphatic heterocycles. The molecule has 1 aromatic carbocycles. The van der Waals surface area contributed by atoms with Crippen molar-refractivity contribution in [3.05, 3.63) is 29.6 Å². The molecule has 0 aliphatic rings. The maximum absolute atomic E-state index is 13.7. The molecule has 0 bridgehead atoms. The van der Waals surface area contributed by atoms with E-state index in [9.17, 15) is 9.18 Å². The van der Waals surface area contributed by atoms with Gasteiger partial charge in [0.25, 0.3) is 0 Å². The van der Waals surface area contributed by atoms with Crippen molar-refractivity contribution >= 4 is 11.6 Å². The zero-order chi connectivity index (χ0) is 14.8. The third-order valence-corrected chi connectivity index (χ3v) is 2.38. The Morgan fingerprint density at radius 3 is 2.90 bits per heavy atom. The van der Waals surface area contributed by atoms with Crippen LogP contribution in [0.15, 0.2) is 18.2 Å². The molecule has 0 aromatic heterocycles. The average Bonchev–Trinajstić information content (AvgIpc) is 2.44. The van der Waals surface area contributed by atoms with Gasteiger partial charge in [0.05, 0.1) is 18.7 Å². The molecule has 0 spiro atoms. The first kappa shape index (κ1) is 16.2. The highest BCUT2D eigenvalue weighted by Crippen LogP contribution is 2.15. The van der Waals surface area contributed by atoms with Crippen LogP contribution in [0.1, 0.15) is 25.3 Å². The smallest absolute Gasteiger partial charge is 0.226 e. The van der Waals surface area contributed by atoms with Crippen LogP contribution < -0.4 is 5.32 Å². The Labute approximate surface area is 117 Å². The molecule has 0 fully saturated rings. The molecule has 0 heterocycles. The molecule has 108 valence electrons. The van der Waals surface area contributed by atoms with Crippen LogP contribution in [0.5, 0.6) is 0 Å². The number of anilines is 1. The number of hydrogen-bond donors (Lipinski definition) is 2. The lowest BCUT2D eigenvalue weighted by molar-refractivity contribution is -0.117. The van der Waals surface area contributed by atoms with Crippen LogP contribution >= 0.6 is 0 Å². The maximum Gasteiger partial charge on any atom is 0.226 e. The Morgan fingerprint density at radius 1 is 1.45 bits per heavy atom. The van der Waals surface area contributed by atoms with Crippen LogP contribution in [0.2, 0.25) is 0 Å². The molecule has 5 heteroatoms. The fourth-order valence-corrected chi connectivity index (χ4v) is 1.46. The highest BCUT2D eigenvalue weighted by molar-refractivity contribution is 5.90. The molecule has 2 N–H and O–H groups in total. The number of aliphatic hydroxyl groups is 1. The number of carbonyl (C=O) groups excluding carboxylic acids is 1. The summed E-state index contributed by atoms with van der Waals surface area (Å²) < 4.78 is 18.9. The van der Waals surface area contributed by atoms with Gasteiger partial charge in [-0.2, -0.15) is 0 Å². The summed E-state index contributed by atoms with van der Waals surface area (Å²) in [5.41, 5.74) is 0.556. The van der Waals surface area contributed by atoms with Crippen LogP contribution in [0.4, 0.5) is 10.1 Å². The molecule has 0 radical (unpaired) electrons. The number of nitrogens with one attached hydrogen (secondary N) is 1. The van der Waals surface area contributed by atoms with Crippen molar-refractivity contribution < 1.29 is 19.0 Å². The zero-order valence-corrected chi connectivity index (χ0v) is 11.4. The summed E-state index contributed by atoms with van der Waals surface area (Å²) in [6.07, 6.45) is 1.08. The molecule has 0 saturated heterocycles. The third-order valence-electron chi connectivity index (χ3n) is 2.38. The van der Waals surface area contributed by atoms with Gasteiger partial charge in [0, 0.05) is 12.2 Å². The van der Waals surface area contributed by atoms with Crippen molar-refractivity contribution in [3.63, 3.8) is 0 Å². The van der Waals surface area contributed by atoms with Crippen molar-refractivity contribution in [1.82, 2.24) is 0 Å². The summed E-state index contributed by atoms with van der Waals surface area (Å²) >= 11 is 0. The number of rotatable bonds is 6. The van der Waals surface area contributed by atoms with E-state index in [2.05, 4.69) is 17.2 Å². The predicted octanol–water partition coefficient (Wildman–Crippen LogP) is 1.92. The van der Waals surface area contributed by atoms with E-state index in [0.29, 0.717) is 18.8 Å². The SMILES string of the molecule is CCCOCCC(=O)Nc1ccc(C#CCO)cc1F. The minimum Gasteiger partial charge on any atom is -0.384 e. The van der Waals surface area contributed by atoms with Crippen molar-refractivity contribution in [3.8, 4) is 11.8 Å². The van der Waals surface area contributed by atoms with Crippen LogP contribution in [-0.4, -0.2) is 30.8 Å². The van der Waals surface area contributed by atoms with Gasteiger partial charge in [0.15, 0.2) is 0 Å². The third kappa shape index (κ3) is 5.83. The first-order valence-electron chi connectivity index (χ1n) is 6.44. The van der Waals surface area contributed by atoms with Gasteiger partial charge in [-0.15, -0.1) is 0 Å². The second-order valence-electron chi connectivity index (χ2n) is 4.07. The van der Waals surface area contributed by atoms with E-state index in [0.717, 1.165) is 6.42 Å². The second-order valence-corrected chi connectivity index (χ2v) is 4.07. The largest absolute Gasteiger partial charge is 0.384 e. The Morgan fingerprint density at radius 2 is 2.25 bits per heavy atom. The monoisotopic (exact) mass is 279 g/mol. The van der Waals surface area contributed by atoms with Crippen molar-refractivity contribution in [2.24, 2.45) is 0 Å². The Balaban J connectivity index is 2.53. The molecular weight excluding hydrogens is 261 g/mol. The fourth-order valence-electron chi connectivity index (χ4n) is 1.46. The lowest BCUT2D eigenvalue weighted by Crippen LogP contribution is -2.15. The number of aliphatic hydroxyl groups excluding tert-OH is 1. The lowest BCUT2D eigenvalue weighted by Gasteiger charge is -2.07. The van der Waals surface area contributed by atoms with E-state index >= 15 is 0 Å². The number of hydrogen-bond acceptors (Lipinski definition) is 3. The average molecular weight is 279 g/mol. The van der Waals surface area contributed by atoms with Gasteiger partial charge >= 0.3 is 0 Å². The standard InChI is InChI=1S/C15H18FNO3/c1-2-9-20-10-7-15(19)17-14-6-5-12(4-3-8-18)11-13(14)16/h5-6,11,18H,2,7-10H2,1H3,(H,17,19). The van der Waals surface area contributed by atoms with E-state index in [1.54, 1.807) is 6.07 Å². The molecule has 0 atom stereocenters.